The number of aryl methyl sites for hydroxylation is 2. The van der Waals surface area contributed by atoms with Gasteiger partial charge in [-0.3, -0.25) is 9.69 Å². The summed E-state index contributed by atoms with van der Waals surface area (Å²) in [6, 6.07) is 8.15. The fraction of sp³-hybridized carbons (Fsp3) is 0.472. The van der Waals surface area contributed by atoms with Gasteiger partial charge in [0.05, 0.1) is 54.3 Å². The number of fused-ring (bicyclic) bond motifs is 1. The monoisotopic (exact) mass is 669 g/mol. The second-order valence-electron chi connectivity index (χ2n) is 13.5. The highest BCUT2D eigenvalue weighted by Gasteiger charge is 2.44. The molecule has 1 aromatic carbocycles. The second-order valence-corrected chi connectivity index (χ2v) is 13.5. The highest BCUT2D eigenvalue weighted by atomic mass is 19.4. The van der Waals surface area contributed by atoms with Crippen molar-refractivity contribution in [2.75, 3.05) is 56.3 Å². The normalized spacial score (nSPS) is 20.4. The minimum atomic E-state index is -4.59. The number of allylic oxidation sites excluding steroid dienone is 1. The quantitative estimate of drug-likeness (QED) is 0.172. The Morgan fingerprint density at radius 2 is 1.92 bits per heavy atom. The molecule has 258 valence electrons. The zero-order valence-corrected chi connectivity index (χ0v) is 28.1. The number of anilines is 2. The number of nitrogens with zero attached hydrogens (tertiary/aromatic N) is 5. The van der Waals surface area contributed by atoms with Crippen LogP contribution in [0.1, 0.15) is 49.6 Å². The molecule has 2 atom stereocenters. The van der Waals surface area contributed by atoms with Crippen molar-refractivity contribution in [1.29, 1.82) is 0 Å². The third-order valence-corrected chi connectivity index (χ3v) is 9.66. The maximum atomic E-state index is 14.3. The lowest BCUT2D eigenvalue weighted by Gasteiger charge is -2.54. The van der Waals surface area contributed by atoms with Gasteiger partial charge in [-0.1, -0.05) is 12.1 Å². The van der Waals surface area contributed by atoms with E-state index in [1.807, 2.05) is 4.90 Å². The molecule has 2 aromatic heterocycles. The Kier molecular flexibility index (Phi) is 10.0. The average molecular weight is 670 g/mol. The largest absolute Gasteiger partial charge is 0.416 e. The first-order valence-electron chi connectivity index (χ1n) is 16.0. The van der Waals surface area contributed by atoms with Crippen LogP contribution in [0.2, 0.25) is 0 Å². The second kappa shape index (κ2) is 13.6. The summed E-state index contributed by atoms with van der Waals surface area (Å²) in [6.07, 6.45) is -0.576. The number of halogens is 4. The van der Waals surface area contributed by atoms with Gasteiger partial charge in [-0.15, -0.1) is 6.58 Å². The predicted molar refractivity (Wildman–Crippen MR) is 178 cm³/mol. The number of hydrogen-bond donors (Lipinski definition) is 1. The molecule has 12 heteroatoms. The molecule has 0 spiro atoms. The van der Waals surface area contributed by atoms with Gasteiger partial charge in [0.15, 0.2) is 0 Å². The van der Waals surface area contributed by atoms with E-state index in [9.17, 15) is 27.5 Å². The zero-order valence-electron chi connectivity index (χ0n) is 28.1. The maximum Gasteiger partial charge on any atom is 0.416 e. The van der Waals surface area contributed by atoms with Crippen LogP contribution in [0.15, 0.2) is 55.3 Å². The number of ether oxygens (including phenoxy) is 1. The summed E-state index contributed by atoms with van der Waals surface area (Å²) >= 11 is 0. The molecule has 48 heavy (non-hydrogen) atoms. The van der Waals surface area contributed by atoms with E-state index in [0.29, 0.717) is 73.0 Å². The molecule has 5 rings (SSSR count). The van der Waals surface area contributed by atoms with E-state index in [1.165, 1.54) is 11.0 Å². The number of piperazine rings is 1. The summed E-state index contributed by atoms with van der Waals surface area (Å²) < 4.78 is 61.9. The first kappa shape index (κ1) is 35.4. The number of aliphatic hydroxyl groups is 1. The molecule has 4 heterocycles. The minimum absolute atomic E-state index is 0.109. The molecular weight excluding hydrogens is 626 g/mol. The summed E-state index contributed by atoms with van der Waals surface area (Å²) in [7, 11) is 1.55. The number of rotatable bonds is 9. The van der Waals surface area contributed by atoms with Crippen molar-refractivity contribution in [2.24, 2.45) is 0 Å². The Morgan fingerprint density at radius 1 is 1.19 bits per heavy atom. The number of morpholine rings is 1. The number of likely N-dealkylation sites (N-methyl/N-ethyl adjacent to an activating group) is 1. The number of pyridine rings is 2. The molecule has 3 aromatic rings. The van der Waals surface area contributed by atoms with Crippen LogP contribution in [0, 0.1) is 12.9 Å². The minimum Gasteiger partial charge on any atom is -0.394 e. The number of aromatic nitrogens is 2. The van der Waals surface area contributed by atoms with Gasteiger partial charge in [0.2, 0.25) is 11.9 Å². The molecule has 1 N–H and O–H groups in total. The average Bonchev–Trinajstić information content (AvgIpc) is 3.05. The molecule has 0 aliphatic carbocycles. The van der Waals surface area contributed by atoms with Gasteiger partial charge >= 0.3 is 6.18 Å². The van der Waals surface area contributed by atoms with E-state index in [4.69, 9.17) is 9.72 Å². The number of aliphatic hydroxyl groups excluding tert-OH is 1. The third-order valence-electron chi connectivity index (χ3n) is 9.66. The molecule has 8 nitrogen and oxygen atoms in total. The van der Waals surface area contributed by atoms with Gasteiger partial charge in [-0.25, -0.2) is 9.97 Å². The molecule has 2 saturated heterocycles. The van der Waals surface area contributed by atoms with Crippen molar-refractivity contribution < 1.29 is 32.2 Å². The van der Waals surface area contributed by atoms with Crippen LogP contribution in [-0.2, 0) is 27.5 Å². The standard InChI is InChI=1S/C36H43F4N5O3/c1-7-8-9-24-14-25(16-26(15-24)36(38,39)40)34(3,4)33(47)43(6)30-18-41-32(17-29(30)28-10-11-31(37)42-23(28)2)45-21-35(5)22-48-13-12-44(35)19-27(45)20-46/h7,10-11,14-18,27,46H,1,8-9,12-13,19-22H2,2-6H3/t27-,35?/m0/s1. The van der Waals surface area contributed by atoms with Gasteiger partial charge in [0.1, 0.15) is 5.82 Å². The Morgan fingerprint density at radius 3 is 2.58 bits per heavy atom. The number of hydrogen-bond acceptors (Lipinski definition) is 7. The van der Waals surface area contributed by atoms with Crippen molar-refractivity contribution in [2.45, 2.75) is 63.7 Å². The van der Waals surface area contributed by atoms with E-state index in [0.717, 1.165) is 18.7 Å². The van der Waals surface area contributed by atoms with Crippen LogP contribution in [-0.4, -0.2) is 84.0 Å². The van der Waals surface area contributed by atoms with Gasteiger partial charge in [-0.05, 0) is 82.0 Å². The maximum absolute atomic E-state index is 14.3. The first-order valence-corrected chi connectivity index (χ1v) is 16.0. The highest BCUT2D eigenvalue weighted by Crippen LogP contribution is 2.40. The Labute approximate surface area is 279 Å². The topological polar surface area (TPSA) is 82.0 Å². The first-order chi connectivity index (χ1) is 22.6. The number of amides is 1. The van der Waals surface area contributed by atoms with Crippen molar-refractivity contribution >= 4 is 17.4 Å². The fourth-order valence-electron chi connectivity index (χ4n) is 6.73. The van der Waals surface area contributed by atoms with Crippen LogP contribution >= 0.6 is 0 Å². The number of carbonyl (C=O) groups is 1. The lowest BCUT2D eigenvalue weighted by molar-refractivity contribution is -0.137. The number of carbonyl (C=O) groups excluding carboxylic acids is 1. The van der Waals surface area contributed by atoms with E-state index in [1.54, 1.807) is 58.3 Å². The third kappa shape index (κ3) is 6.97. The fourth-order valence-corrected chi connectivity index (χ4v) is 6.73. The van der Waals surface area contributed by atoms with E-state index >= 15 is 0 Å². The van der Waals surface area contributed by atoms with Gasteiger partial charge in [0, 0.05) is 43.5 Å². The van der Waals surface area contributed by atoms with Crippen molar-refractivity contribution in [3.63, 3.8) is 0 Å². The van der Waals surface area contributed by atoms with Crippen LogP contribution in [0.3, 0.4) is 0 Å². The lowest BCUT2D eigenvalue weighted by Crippen LogP contribution is -2.69. The molecule has 0 radical (unpaired) electrons. The van der Waals surface area contributed by atoms with E-state index in [-0.39, 0.29) is 23.8 Å². The number of benzene rings is 1. The van der Waals surface area contributed by atoms with Gasteiger partial charge in [-0.2, -0.15) is 17.6 Å². The molecule has 0 bridgehead atoms. The summed E-state index contributed by atoms with van der Waals surface area (Å²) in [4.78, 5) is 28.8. The highest BCUT2D eigenvalue weighted by molar-refractivity contribution is 6.03. The molecule has 1 amide bonds. The Hall–Kier alpha value is -3.87. The van der Waals surface area contributed by atoms with E-state index < -0.39 is 29.0 Å². The van der Waals surface area contributed by atoms with Crippen molar-refractivity contribution in [3.05, 3.63) is 83.6 Å². The van der Waals surface area contributed by atoms with Crippen LogP contribution in [0.25, 0.3) is 11.1 Å². The molecule has 1 unspecified atom stereocenters. The number of alkyl halides is 3. The molecule has 2 fully saturated rings. The SMILES string of the molecule is C=CCCc1cc(C(F)(F)F)cc(C(C)(C)C(=O)N(C)c2cnc(N3CC4(C)COCCN4C[C@H]3CO)cc2-c2ccc(F)nc2C)c1. The predicted octanol–water partition coefficient (Wildman–Crippen LogP) is 5.94. The smallest absolute Gasteiger partial charge is 0.394 e. The van der Waals surface area contributed by atoms with Crippen LogP contribution in [0.4, 0.5) is 29.1 Å². The summed E-state index contributed by atoms with van der Waals surface area (Å²) in [5.41, 5.74) is 0.0272. The zero-order chi connectivity index (χ0) is 35.0. The summed E-state index contributed by atoms with van der Waals surface area (Å²) in [5.74, 6) is -0.572. The summed E-state index contributed by atoms with van der Waals surface area (Å²) in [5, 5.41) is 10.4. The Balaban J connectivity index is 1.58. The van der Waals surface area contributed by atoms with E-state index in [2.05, 4.69) is 23.4 Å². The Bertz CT molecular complexity index is 1680. The van der Waals surface area contributed by atoms with Crippen molar-refractivity contribution in [1.82, 2.24) is 14.9 Å². The lowest BCUT2D eigenvalue weighted by atomic mass is 9.81. The van der Waals surface area contributed by atoms with Crippen LogP contribution in [0.5, 0.6) is 0 Å². The summed E-state index contributed by atoms with van der Waals surface area (Å²) in [6.45, 7) is 13.6. The molecule has 2 aliphatic heterocycles. The van der Waals surface area contributed by atoms with Crippen molar-refractivity contribution in [3.8, 4) is 11.1 Å². The van der Waals surface area contributed by atoms with Crippen LogP contribution < -0.4 is 9.80 Å². The molecule has 2 aliphatic rings. The van der Waals surface area contributed by atoms with Gasteiger partial charge < -0.3 is 19.6 Å². The molecular formula is C36H43F4N5O3. The molecule has 0 saturated carbocycles. The van der Waals surface area contributed by atoms with Gasteiger partial charge in [0.25, 0.3) is 0 Å².